The minimum absolute atomic E-state index is 0.0956. The second-order valence-electron chi connectivity index (χ2n) is 9.14. The lowest BCUT2D eigenvalue weighted by molar-refractivity contribution is -0.153. The number of aromatic nitrogens is 3. The van der Waals surface area contributed by atoms with Gasteiger partial charge in [-0.25, -0.2) is 4.79 Å². The summed E-state index contributed by atoms with van der Waals surface area (Å²) >= 11 is 0. The first-order valence-electron chi connectivity index (χ1n) is 11.1. The van der Waals surface area contributed by atoms with Gasteiger partial charge in [0.15, 0.2) is 11.0 Å². The highest BCUT2D eigenvalue weighted by atomic mass is 16.5. The normalized spacial score (nSPS) is 25.7. The molecule has 0 bridgehead atoms. The fourth-order valence-corrected chi connectivity index (χ4v) is 5.86. The van der Waals surface area contributed by atoms with Crippen molar-refractivity contribution in [3.05, 3.63) is 35.8 Å². The maximum atomic E-state index is 13.3. The first kappa shape index (κ1) is 20.7. The Morgan fingerprint density at radius 1 is 1.15 bits per heavy atom. The van der Waals surface area contributed by atoms with Gasteiger partial charge in [-0.15, -0.1) is 0 Å². The van der Waals surface area contributed by atoms with Gasteiger partial charge in [0.1, 0.15) is 11.4 Å². The molecule has 0 aliphatic carbocycles. The summed E-state index contributed by atoms with van der Waals surface area (Å²) in [4.78, 5) is 49.1. The van der Waals surface area contributed by atoms with E-state index in [0.29, 0.717) is 28.9 Å². The Kier molecular flexibility index (Phi) is 4.31. The molecule has 4 amide bonds. The van der Waals surface area contributed by atoms with Gasteiger partial charge in [-0.05, 0) is 38.8 Å². The van der Waals surface area contributed by atoms with E-state index in [-0.39, 0.29) is 12.5 Å². The summed E-state index contributed by atoms with van der Waals surface area (Å²) in [6.07, 6.45) is 4.27. The van der Waals surface area contributed by atoms with E-state index in [0.717, 1.165) is 16.8 Å². The minimum atomic E-state index is -1.54. The van der Waals surface area contributed by atoms with E-state index in [2.05, 4.69) is 30.7 Å². The Morgan fingerprint density at radius 2 is 1.91 bits per heavy atom. The molecule has 6 rings (SSSR count). The number of benzene rings is 1. The van der Waals surface area contributed by atoms with Gasteiger partial charge < -0.3 is 14.2 Å². The second-order valence-corrected chi connectivity index (χ2v) is 9.14. The third-order valence-corrected chi connectivity index (χ3v) is 7.06. The average Bonchev–Trinajstić information content (AvgIpc) is 3.21. The summed E-state index contributed by atoms with van der Waals surface area (Å²) in [5.41, 5.74) is 2.68. The third-order valence-electron chi connectivity index (χ3n) is 7.06. The number of hydrogen-bond donors (Lipinski definition) is 2. The molecule has 2 saturated heterocycles. The number of ether oxygens (including phenoxy) is 1. The predicted molar refractivity (Wildman–Crippen MR) is 119 cm³/mol. The lowest BCUT2D eigenvalue weighted by Gasteiger charge is -2.55. The zero-order chi connectivity index (χ0) is 23.8. The molecule has 1 unspecified atom stereocenters. The molecule has 11 heteroatoms. The third kappa shape index (κ3) is 2.67. The van der Waals surface area contributed by atoms with Gasteiger partial charge in [0.2, 0.25) is 11.8 Å². The van der Waals surface area contributed by atoms with Crippen LogP contribution in [0.3, 0.4) is 0 Å². The van der Waals surface area contributed by atoms with Crippen LogP contribution in [0.2, 0.25) is 0 Å². The van der Waals surface area contributed by atoms with E-state index in [1.165, 1.54) is 0 Å². The second kappa shape index (κ2) is 7.07. The van der Waals surface area contributed by atoms with Crippen molar-refractivity contribution >= 4 is 34.5 Å². The number of urea groups is 1. The Bertz CT molecular complexity index is 1350. The molecule has 0 saturated carbocycles. The number of aryl methyl sites for hydroxylation is 1. The highest BCUT2D eigenvalue weighted by molar-refractivity contribution is 6.20. The molecule has 1 aromatic carbocycles. The van der Waals surface area contributed by atoms with Crippen molar-refractivity contribution in [3.8, 4) is 11.4 Å². The van der Waals surface area contributed by atoms with Crippen LogP contribution in [-0.4, -0.2) is 57.8 Å². The lowest BCUT2D eigenvalue weighted by Crippen LogP contribution is -2.75. The Morgan fingerprint density at radius 3 is 2.62 bits per heavy atom. The number of amides is 4. The Balaban J connectivity index is 1.61. The molecule has 2 fully saturated rings. The summed E-state index contributed by atoms with van der Waals surface area (Å²) in [5, 5.41) is 9.58. The van der Waals surface area contributed by atoms with Crippen molar-refractivity contribution in [2.75, 3.05) is 11.4 Å². The number of nitrogens with zero attached hydrogens (tertiary/aromatic N) is 4. The minimum Gasteiger partial charge on any atom is -0.372 e. The predicted octanol–water partition coefficient (Wildman–Crippen LogP) is 1.48. The molecule has 3 aliphatic heterocycles. The topological polar surface area (TPSA) is 140 Å². The molecule has 3 aromatic rings. The molecule has 0 radical (unpaired) electrons. The number of carbonyl (C=O) groups excluding carboxylic acids is 3. The Labute approximate surface area is 193 Å². The quantitative estimate of drug-likeness (QED) is 0.515. The first-order valence-corrected chi connectivity index (χ1v) is 11.1. The molecule has 3 atom stereocenters. The summed E-state index contributed by atoms with van der Waals surface area (Å²) in [5.74, 6) is -1.24. The van der Waals surface area contributed by atoms with Gasteiger partial charge in [0.25, 0.3) is 0 Å². The van der Waals surface area contributed by atoms with Crippen LogP contribution >= 0.6 is 0 Å². The van der Waals surface area contributed by atoms with Crippen LogP contribution in [0.5, 0.6) is 0 Å². The van der Waals surface area contributed by atoms with Crippen molar-refractivity contribution in [3.63, 3.8) is 0 Å². The molecular formula is C23H22N6O5. The van der Waals surface area contributed by atoms with Gasteiger partial charge in [-0.2, -0.15) is 0 Å². The zero-order valence-electron chi connectivity index (χ0n) is 18.8. The van der Waals surface area contributed by atoms with E-state index in [9.17, 15) is 14.4 Å². The van der Waals surface area contributed by atoms with Crippen molar-refractivity contribution in [2.24, 2.45) is 5.41 Å². The summed E-state index contributed by atoms with van der Waals surface area (Å²) < 4.78 is 11.8. The zero-order valence-corrected chi connectivity index (χ0v) is 18.8. The highest BCUT2D eigenvalue weighted by Crippen LogP contribution is 2.49. The molecule has 5 heterocycles. The van der Waals surface area contributed by atoms with Crippen LogP contribution in [0.1, 0.15) is 25.0 Å². The number of anilines is 1. The monoisotopic (exact) mass is 462 g/mol. The number of rotatable bonds is 1. The lowest BCUT2D eigenvalue weighted by atomic mass is 9.66. The molecule has 3 aliphatic rings. The van der Waals surface area contributed by atoms with E-state index >= 15 is 0 Å². The smallest absolute Gasteiger partial charge is 0.328 e. The molecule has 174 valence electrons. The number of nitrogens with one attached hydrogen (secondary N) is 2. The summed E-state index contributed by atoms with van der Waals surface area (Å²) in [6.45, 7) is 6.21. The Hall–Kier alpha value is -3.86. The highest BCUT2D eigenvalue weighted by Gasteiger charge is 2.63. The van der Waals surface area contributed by atoms with Crippen LogP contribution in [0.25, 0.3) is 22.4 Å². The SMILES string of the molecule is Cc1c2c(cc3c(-c4cnccn4)noc13)CC1(C(=O)NC(=O)NC1=O)C1[C@H](C)O[C@H](C)CN21. The van der Waals surface area contributed by atoms with Crippen molar-refractivity contribution < 1.29 is 23.6 Å². The van der Waals surface area contributed by atoms with E-state index in [1.54, 1.807) is 18.6 Å². The van der Waals surface area contributed by atoms with Crippen molar-refractivity contribution in [2.45, 2.75) is 45.4 Å². The van der Waals surface area contributed by atoms with Crippen LogP contribution in [0, 0.1) is 12.3 Å². The molecule has 1 spiro atoms. The number of morpholine rings is 1. The van der Waals surface area contributed by atoms with Crippen molar-refractivity contribution in [1.29, 1.82) is 0 Å². The van der Waals surface area contributed by atoms with Gasteiger partial charge >= 0.3 is 6.03 Å². The summed E-state index contributed by atoms with van der Waals surface area (Å²) in [6, 6.07) is 0.479. The average molecular weight is 462 g/mol. The van der Waals surface area contributed by atoms with Crippen LogP contribution in [0.4, 0.5) is 10.5 Å². The van der Waals surface area contributed by atoms with Crippen LogP contribution in [0.15, 0.2) is 29.2 Å². The van der Waals surface area contributed by atoms with Crippen LogP contribution < -0.4 is 15.5 Å². The van der Waals surface area contributed by atoms with E-state index < -0.39 is 35.4 Å². The van der Waals surface area contributed by atoms with E-state index in [1.807, 2.05) is 26.8 Å². The standard InChI is InChI=1S/C23H22N6O5/c1-10-9-29-17-11(2)18-14(16(28-34-18)15-8-24-4-5-25-15)6-13(17)7-23(19(29)12(3)33-10)20(30)26-22(32)27-21(23)31/h4-6,8,10,12,19H,7,9H2,1-3H3,(H2,26,27,30,31,32)/t10-,12+,19?/m1/s1. The van der Waals surface area contributed by atoms with E-state index in [4.69, 9.17) is 9.26 Å². The fraction of sp³-hybridized carbons (Fsp3) is 0.391. The van der Waals surface area contributed by atoms with Crippen molar-refractivity contribution in [1.82, 2.24) is 25.8 Å². The summed E-state index contributed by atoms with van der Waals surface area (Å²) in [7, 11) is 0. The van der Waals surface area contributed by atoms with Gasteiger partial charge in [0.05, 0.1) is 29.8 Å². The van der Waals surface area contributed by atoms with Crippen LogP contribution in [-0.2, 0) is 20.7 Å². The van der Waals surface area contributed by atoms with Gasteiger partial charge in [0, 0.05) is 30.2 Å². The van der Waals surface area contributed by atoms with Gasteiger partial charge in [-0.3, -0.25) is 30.2 Å². The molecule has 34 heavy (non-hydrogen) atoms. The first-order chi connectivity index (χ1) is 16.3. The number of barbiturate groups is 1. The maximum absolute atomic E-state index is 13.3. The fourth-order valence-electron chi connectivity index (χ4n) is 5.86. The molecule has 11 nitrogen and oxygen atoms in total. The molecule has 2 aromatic heterocycles. The number of imide groups is 2. The molecular weight excluding hydrogens is 440 g/mol. The number of carbonyl (C=O) groups is 3. The number of fused-ring (bicyclic) bond motifs is 5. The molecule has 2 N–H and O–H groups in total. The number of hydrogen-bond acceptors (Lipinski definition) is 9. The maximum Gasteiger partial charge on any atom is 0.328 e. The van der Waals surface area contributed by atoms with Gasteiger partial charge in [-0.1, -0.05) is 5.16 Å². The largest absolute Gasteiger partial charge is 0.372 e.